The van der Waals surface area contributed by atoms with Gasteiger partial charge in [0.1, 0.15) is 13.2 Å². The molecule has 2 aromatic rings. The van der Waals surface area contributed by atoms with Gasteiger partial charge in [0.05, 0.1) is 6.10 Å². The Balaban J connectivity index is 1.23. The van der Waals surface area contributed by atoms with Gasteiger partial charge in [-0.25, -0.2) is 9.59 Å². The van der Waals surface area contributed by atoms with E-state index in [0.29, 0.717) is 25.9 Å². The zero-order valence-corrected chi connectivity index (χ0v) is 19.2. The van der Waals surface area contributed by atoms with Crippen LogP contribution in [0.1, 0.15) is 43.2 Å². The number of rotatable bonds is 8. The molecule has 180 valence electrons. The topological polar surface area (TPSA) is 105 Å². The van der Waals surface area contributed by atoms with E-state index in [4.69, 9.17) is 14.6 Å². The summed E-state index contributed by atoms with van der Waals surface area (Å²) in [5.41, 5.74) is 4.64. The molecule has 1 aliphatic carbocycles. The molecular formula is C26H30N2O6. The van der Waals surface area contributed by atoms with E-state index in [-0.39, 0.29) is 43.6 Å². The van der Waals surface area contributed by atoms with Crippen LogP contribution in [0.25, 0.3) is 11.1 Å². The smallest absolute Gasteiger partial charge is 0.407 e. The van der Waals surface area contributed by atoms with Crippen LogP contribution in [-0.2, 0) is 19.1 Å². The summed E-state index contributed by atoms with van der Waals surface area (Å²) in [6, 6.07) is 15.9. The van der Waals surface area contributed by atoms with Crippen LogP contribution in [0.15, 0.2) is 48.5 Å². The van der Waals surface area contributed by atoms with E-state index in [1.807, 2.05) is 24.3 Å². The molecule has 0 radical (unpaired) electrons. The summed E-state index contributed by atoms with van der Waals surface area (Å²) in [5.74, 6) is -1.06. The number of carboxylic acid groups (broad SMARTS) is 1. The number of carbonyl (C=O) groups is 3. The van der Waals surface area contributed by atoms with Crippen LogP contribution in [-0.4, -0.2) is 66.4 Å². The van der Waals surface area contributed by atoms with Crippen LogP contribution in [0.2, 0.25) is 0 Å². The number of alkyl carbamates (subject to hydrolysis) is 1. The van der Waals surface area contributed by atoms with Crippen molar-refractivity contribution < 1.29 is 29.0 Å². The zero-order valence-electron chi connectivity index (χ0n) is 19.2. The average molecular weight is 467 g/mol. The van der Waals surface area contributed by atoms with Crippen molar-refractivity contribution in [1.82, 2.24) is 10.2 Å². The quantitative estimate of drug-likeness (QED) is 0.618. The molecule has 8 nitrogen and oxygen atoms in total. The average Bonchev–Trinajstić information content (AvgIpc) is 3.15. The summed E-state index contributed by atoms with van der Waals surface area (Å²) in [6.07, 6.45) is 0.699. The predicted octanol–water partition coefficient (Wildman–Crippen LogP) is 3.40. The van der Waals surface area contributed by atoms with Gasteiger partial charge in [0.25, 0.3) is 0 Å². The lowest BCUT2D eigenvalue weighted by atomic mass is 9.98. The number of likely N-dealkylation sites (tertiary alicyclic amines) is 1. The Morgan fingerprint density at radius 1 is 1.03 bits per heavy atom. The van der Waals surface area contributed by atoms with E-state index in [1.54, 1.807) is 11.8 Å². The van der Waals surface area contributed by atoms with Gasteiger partial charge in [0, 0.05) is 31.5 Å². The predicted molar refractivity (Wildman–Crippen MR) is 125 cm³/mol. The molecule has 2 aliphatic rings. The lowest BCUT2D eigenvalue weighted by Gasteiger charge is -2.32. The first-order chi connectivity index (χ1) is 16.4. The van der Waals surface area contributed by atoms with Crippen LogP contribution < -0.4 is 5.32 Å². The molecule has 2 aromatic carbocycles. The summed E-state index contributed by atoms with van der Waals surface area (Å²) in [5, 5.41) is 11.5. The van der Waals surface area contributed by atoms with E-state index in [0.717, 1.165) is 11.1 Å². The maximum atomic E-state index is 12.6. The summed E-state index contributed by atoms with van der Waals surface area (Å²) < 4.78 is 10.9. The lowest BCUT2D eigenvalue weighted by Crippen LogP contribution is -2.44. The Labute approximate surface area is 198 Å². The molecule has 2 amide bonds. The summed E-state index contributed by atoms with van der Waals surface area (Å²) in [6.45, 7) is 2.72. The minimum Gasteiger partial charge on any atom is -0.480 e. The number of carbonyl (C=O) groups excluding carboxylic acids is 2. The van der Waals surface area contributed by atoms with E-state index >= 15 is 0 Å². The highest BCUT2D eigenvalue weighted by Crippen LogP contribution is 2.44. The number of fused-ring (bicyclic) bond motifs is 3. The van der Waals surface area contributed by atoms with Gasteiger partial charge in [-0.15, -0.1) is 0 Å². The van der Waals surface area contributed by atoms with Gasteiger partial charge >= 0.3 is 12.1 Å². The molecular weight excluding hydrogens is 436 g/mol. The van der Waals surface area contributed by atoms with Crippen LogP contribution >= 0.6 is 0 Å². The molecule has 0 aromatic heterocycles. The molecule has 8 heteroatoms. The fraction of sp³-hybridized carbons (Fsp3) is 0.423. The first-order valence-electron chi connectivity index (χ1n) is 11.6. The number of hydrogen-bond acceptors (Lipinski definition) is 5. The molecule has 1 heterocycles. The van der Waals surface area contributed by atoms with Crippen molar-refractivity contribution in [3.05, 3.63) is 59.7 Å². The first-order valence-corrected chi connectivity index (χ1v) is 11.6. The van der Waals surface area contributed by atoms with Crippen LogP contribution in [0.5, 0.6) is 0 Å². The van der Waals surface area contributed by atoms with E-state index in [9.17, 15) is 14.4 Å². The van der Waals surface area contributed by atoms with Crippen LogP contribution in [0.4, 0.5) is 4.79 Å². The SMILES string of the molecule is C[C@H](CC(=O)N1CCC(OCC(=O)O)CC1)NC(=O)OCC1c2ccccc2-c2ccccc21. The van der Waals surface area contributed by atoms with Crippen molar-refractivity contribution in [3.8, 4) is 11.1 Å². The Hall–Kier alpha value is -3.39. The number of amides is 2. The Bertz CT molecular complexity index is 1000. The second-order valence-electron chi connectivity index (χ2n) is 8.86. The van der Waals surface area contributed by atoms with Crippen LogP contribution in [0, 0.1) is 0 Å². The Morgan fingerprint density at radius 2 is 1.62 bits per heavy atom. The minimum atomic E-state index is -0.994. The van der Waals surface area contributed by atoms with Gasteiger partial charge in [-0.05, 0) is 42.0 Å². The molecule has 1 fully saturated rings. The molecule has 1 saturated heterocycles. The maximum absolute atomic E-state index is 12.6. The third-order valence-corrected chi connectivity index (χ3v) is 6.43. The first kappa shape index (κ1) is 23.8. The molecule has 34 heavy (non-hydrogen) atoms. The van der Waals surface area contributed by atoms with Gasteiger partial charge < -0.3 is 24.8 Å². The highest BCUT2D eigenvalue weighted by atomic mass is 16.5. The maximum Gasteiger partial charge on any atom is 0.407 e. The number of benzene rings is 2. The van der Waals surface area contributed by atoms with Gasteiger partial charge in [0.2, 0.25) is 5.91 Å². The largest absolute Gasteiger partial charge is 0.480 e. The highest BCUT2D eigenvalue weighted by Gasteiger charge is 2.29. The molecule has 0 bridgehead atoms. The molecule has 1 atom stereocenters. The molecule has 2 N–H and O–H groups in total. The van der Waals surface area contributed by atoms with Crippen molar-refractivity contribution >= 4 is 18.0 Å². The molecule has 0 saturated carbocycles. The van der Waals surface area contributed by atoms with Crippen molar-refractivity contribution in [2.45, 2.75) is 44.2 Å². The summed E-state index contributed by atoms with van der Waals surface area (Å²) >= 11 is 0. The summed E-state index contributed by atoms with van der Waals surface area (Å²) in [4.78, 5) is 37.4. The summed E-state index contributed by atoms with van der Waals surface area (Å²) in [7, 11) is 0. The van der Waals surface area contributed by atoms with Gasteiger partial charge in [0.15, 0.2) is 0 Å². The molecule has 0 spiro atoms. The fourth-order valence-electron chi connectivity index (χ4n) is 4.74. The third kappa shape index (κ3) is 5.56. The van der Waals surface area contributed by atoms with Crippen molar-refractivity contribution in [3.63, 3.8) is 0 Å². The van der Waals surface area contributed by atoms with Gasteiger partial charge in [-0.2, -0.15) is 0 Å². The third-order valence-electron chi connectivity index (χ3n) is 6.43. The number of nitrogens with zero attached hydrogens (tertiary/aromatic N) is 1. The standard InChI is InChI=1S/C26H30N2O6/c1-17(14-24(29)28-12-10-18(11-13-28)33-16-25(30)31)27-26(32)34-15-23-21-8-4-2-6-19(21)20-7-3-5-9-22(20)23/h2-9,17-18,23H,10-16H2,1H3,(H,27,32)(H,30,31)/t17-/m1/s1. The van der Waals surface area contributed by atoms with E-state index in [1.165, 1.54) is 11.1 Å². The second-order valence-corrected chi connectivity index (χ2v) is 8.86. The fourth-order valence-corrected chi connectivity index (χ4v) is 4.74. The number of carboxylic acids is 1. The zero-order chi connectivity index (χ0) is 24.1. The number of nitrogens with one attached hydrogen (secondary N) is 1. The van der Waals surface area contributed by atoms with Crippen molar-refractivity contribution in [2.24, 2.45) is 0 Å². The van der Waals surface area contributed by atoms with Gasteiger partial charge in [-0.3, -0.25) is 4.79 Å². The van der Waals surface area contributed by atoms with Crippen LogP contribution in [0.3, 0.4) is 0 Å². The number of ether oxygens (including phenoxy) is 2. The van der Waals surface area contributed by atoms with Crippen molar-refractivity contribution in [1.29, 1.82) is 0 Å². The highest BCUT2D eigenvalue weighted by molar-refractivity contribution is 5.79. The van der Waals surface area contributed by atoms with Gasteiger partial charge in [-0.1, -0.05) is 48.5 Å². The normalized spacial score (nSPS) is 16.4. The number of piperidine rings is 1. The lowest BCUT2D eigenvalue weighted by molar-refractivity contribution is -0.147. The monoisotopic (exact) mass is 466 g/mol. The molecule has 0 unspecified atom stereocenters. The molecule has 4 rings (SSSR count). The molecule has 1 aliphatic heterocycles. The number of aliphatic carboxylic acids is 1. The minimum absolute atomic E-state index is 0.0141. The Morgan fingerprint density at radius 3 is 2.21 bits per heavy atom. The second kappa shape index (κ2) is 10.7. The van der Waals surface area contributed by atoms with E-state index < -0.39 is 12.1 Å². The van der Waals surface area contributed by atoms with E-state index in [2.05, 4.69) is 29.6 Å². The van der Waals surface area contributed by atoms with Crippen molar-refractivity contribution in [2.75, 3.05) is 26.3 Å². The number of hydrogen-bond donors (Lipinski definition) is 2. The Kier molecular flexibility index (Phi) is 7.47.